The molecule has 3 nitrogen and oxygen atoms in total. The van der Waals surface area contributed by atoms with Crippen molar-refractivity contribution in [2.45, 2.75) is 10.9 Å². The summed E-state index contributed by atoms with van der Waals surface area (Å²) in [6, 6.07) is 0. The van der Waals surface area contributed by atoms with Gasteiger partial charge in [-0.3, -0.25) is 0 Å². The average molecular weight is 290 g/mol. The van der Waals surface area contributed by atoms with Crippen LogP contribution in [0, 0.1) is 0 Å². The van der Waals surface area contributed by atoms with Crippen molar-refractivity contribution < 1.29 is 0 Å². The third kappa shape index (κ3) is 1.74. The molecule has 76 valence electrons. The van der Waals surface area contributed by atoms with Gasteiger partial charge in [0.05, 0.1) is 0 Å². The molecule has 1 rings (SSSR count). The van der Waals surface area contributed by atoms with E-state index in [1.807, 2.05) is 6.20 Å². The Balaban J connectivity index is 2.94. The van der Waals surface area contributed by atoms with Crippen molar-refractivity contribution in [2.75, 3.05) is 34.7 Å². The minimum atomic E-state index is -2.34. The Hall–Kier alpha value is 0.259. The monoisotopic (exact) mass is 291 g/mol. The van der Waals surface area contributed by atoms with E-state index in [4.69, 9.17) is 0 Å². The van der Waals surface area contributed by atoms with Crippen molar-refractivity contribution >= 4 is 19.2 Å². The van der Waals surface area contributed by atoms with E-state index in [1.165, 1.54) is 17.4 Å². The summed E-state index contributed by atoms with van der Waals surface area (Å²) in [6.45, 7) is 5.13. The summed E-state index contributed by atoms with van der Waals surface area (Å²) in [6.07, 6.45) is 3.38. The van der Waals surface area contributed by atoms with E-state index in [0.29, 0.717) is 0 Å². The first-order chi connectivity index (χ1) is 6.05. The van der Waals surface area contributed by atoms with Gasteiger partial charge in [-0.15, -0.1) is 0 Å². The fraction of sp³-hybridized carbons (Fsp3) is 0.778. The maximum absolute atomic E-state index is 3.93. The number of hydrogen-bond acceptors (Lipinski definition) is 3. The standard InChI is InChI=1S/C5H9N.2C2H6N.Sn/c1-3-5-6-4-2;2*1-3-2;/h4H,1-3,5H2;2*1-2H3;/q3*-1;+3. The number of hydrogen-bond donors (Lipinski definition) is 0. The molecule has 0 unspecified atom stereocenters. The predicted octanol–water partition coefficient (Wildman–Crippen LogP) is 0.898. The molecule has 0 spiro atoms. The van der Waals surface area contributed by atoms with Crippen molar-refractivity contribution in [1.82, 2.24) is 9.36 Å². The van der Waals surface area contributed by atoms with Gasteiger partial charge in [0.2, 0.25) is 0 Å². The zero-order valence-electron chi connectivity index (χ0n) is 9.25. The molecule has 4 heteroatoms. The van der Waals surface area contributed by atoms with Crippen molar-refractivity contribution in [3.05, 3.63) is 12.8 Å². The first kappa shape index (κ1) is 11.3. The molecule has 0 amide bonds. The van der Waals surface area contributed by atoms with Gasteiger partial charge in [-0.1, -0.05) is 0 Å². The molecule has 0 saturated carbocycles. The average Bonchev–Trinajstić information content (AvgIpc) is 2.47. The van der Waals surface area contributed by atoms with E-state index < -0.39 is 19.2 Å². The SMILES string of the molecule is C=C[N]1CC[CH2][Sn]1([N](C)C)[N](C)C. The Kier molecular flexibility index (Phi) is 3.65. The van der Waals surface area contributed by atoms with Crippen LogP contribution < -0.4 is 0 Å². The zero-order valence-corrected chi connectivity index (χ0v) is 12.1. The first-order valence-corrected chi connectivity index (χ1v) is 10.6. The molecule has 0 radical (unpaired) electrons. The molecule has 1 aliphatic heterocycles. The van der Waals surface area contributed by atoms with Crippen LogP contribution in [0.2, 0.25) is 4.44 Å². The van der Waals surface area contributed by atoms with Crippen LogP contribution >= 0.6 is 0 Å². The Morgan fingerprint density at radius 1 is 1.23 bits per heavy atom. The van der Waals surface area contributed by atoms with Gasteiger partial charge in [0.1, 0.15) is 0 Å². The Morgan fingerprint density at radius 2 is 1.77 bits per heavy atom. The molecule has 1 aliphatic rings. The maximum atomic E-state index is 3.93. The van der Waals surface area contributed by atoms with E-state index >= 15 is 0 Å². The van der Waals surface area contributed by atoms with Gasteiger partial charge in [-0.05, 0) is 0 Å². The van der Waals surface area contributed by atoms with Crippen LogP contribution in [0.5, 0.6) is 0 Å². The van der Waals surface area contributed by atoms with Gasteiger partial charge in [0, 0.05) is 0 Å². The topological polar surface area (TPSA) is 9.72 Å². The van der Waals surface area contributed by atoms with Crippen LogP contribution in [0.1, 0.15) is 6.42 Å². The van der Waals surface area contributed by atoms with Gasteiger partial charge in [0.15, 0.2) is 0 Å². The van der Waals surface area contributed by atoms with Crippen LogP contribution in [-0.4, -0.2) is 63.3 Å². The second-order valence-corrected chi connectivity index (χ2v) is 16.6. The van der Waals surface area contributed by atoms with Crippen molar-refractivity contribution in [1.29, 1.82) is 0 Å². The molecule has 0 aromatic heterocycles. The van der Waals surface area contributed by atoms with Crippen LogP contribution in [0.3, 0.4) is 0 Å². The third-order valence-electron chi connectivity index (χ3n) is 3.02. The van der Waals surface area contributed by atoms with Gasteiger partial charge in [0.25, 0.3) is 0 Å². The van der Waals surface area contributed by atoms with Crippen molar-refractivity contribution in [3.63, 3.8) is 0 Å². The molecular formula is C9H21N3Sn. The van der Waals surface area contributed by atoms with Crippen LogP contribution in [0.4, 0.5) is 0 Å². The summed E-state index contributed by atoms with van der Waals surface area (Å²) in [4.78, 5) is 0. The summed E-state index contributed by atoms with van der Waals surface area (Å²) in [5, 5.41) is 0. The van der Waals surface area contributed by atoms with Gasteiger partial charge >= 0.3 is 86.9 Å². The summed E-state index contributed by atoms with van der Waals surface area (Å²) in [7, 11) is 8.88. The van der Waals surface area contributed by atoms with Crippen LogP contribution in [0.15, 0.2) is 12.8 Å². The molecular weight excluding hydrogens is 269 g/mol. The van der Waals surface area contributed by atoms with Gasteiger partial charge in [-0.2, -0.15) is 0 Å². The van der Waals surface area contributed by atoms with E-state index in [-0.39, 0.29) is 0 Å². The molecule has 0 aliphatic carbocycles. The number of rotatable bonds is 3. The summed E-state index contributed by atoms with van der Waals surface area (Å²) >= 11 is -2.34. The van der Waals surface area contributed by atoms with Crippen molar-refractivity contribution in [3.8, 4) is 0 Å². The molecule has 0 bridgehead atoms. The van der Waals surface area contributed by atoms with E-state index in [1.54, 1.807) is 0 Å². The minimum absolute atomic E-state index is 1.20. The number of nitrogens with zero attached hydrogens (tertiary/aromatic N) is 3. The fourth-order valence-electron chi connectivity index (χ4n) is 2.41. The van der Waals surface area contributed by atoms with E-state index in [2.05, 4.69) is 44.1 Å². The first-order valence-electron chi connectivity index (χ1n) is 4.80. The Bertz CT molecular complexity index is 183. The molecule has 1 saturated heterocycles. The van der Waals surface area contributed by atoms with Crippen LogP contribution in [0.25, 0.3) is 0 Å². The van der Waals surface area contributed by atoms with Crippen molar-refractivity contribution in [2.24, 2.45) is 0 Å². The van der Waals surface area contributed by atoms with Crippen LogP contribution in [-0.2, 0) is 0 Å². The summed E-state index contributed by atoms with van der Waals surface area (Å²) < 4.78 is 8.86. The second-order valence-electron chi connectivity index (χ2n) is 4.04. The Morgan fingerprint density at radius 3 is 2.08 bits per heavy atom. The second kappa shape index (κ2) is 4.19. The van der Waals surface area contributed by atoms with Gasteiger partial charge in [-0.25, -0.2) is 0 Å². The van der Waals surface area contributed by atoms with Gasteiger partial charge < -0.3 is 0 Å². The molecule has 0 aromatic rings. The van der Waals surface area contributed by atoms with E-state index in [0.717, 1.165) is 0 Å². The normalized spacial score (nSPS) is 21.5. The molecule has 0 aromatic carbocycles. The molecule has 1 heterocycles. The predicted molar refractivity (Wildman–Crippen MR) is 59.5 cm³/mol. The summed E-state index contributed by atoms with van der Waals surface area (Å²) in [5.74, 6) is 0. The fourth-order valence-corrected chi connectivity index (χ4v) is 15.1. The quantitative estimate of drug-likeness (QED) is 0.715. The molecule has 13 heavy (non-hydrogen) atoms. The molecule has 1 fully saturated rings. The third-order valence-corrected chi connectivity index (χ3v) is 17.9. The molecule has 0 atom stereocenters. The molecule has 0 N–H and O–H groups in total. The zero-order chi connectivity index (χ0) is 10.1. The summed E-state index contributed by atoms with van der Waals surface area (Å²) in [5.41, 5.74) is 0. The Labute approximate surface area is 86.9 Å². The van der Waals surface area contributed by atoms with E-state index in [9.17, 15) is 0 Å².